The van der Waals surface area contributed by atoms with E-state index in [9.17, 15) is 14.7 Å². The molecule has 0 unspecified atom stereocenters. The van der Waals surface area contributed by atoms with Gasteiger partial charge in [0.15, 0.2) is 0 Å². The number of amides is 2. The number of carbonyl (C=O) groups excluding carboxylic acids is 1. The Morgan fingerprint density at radius 3 is 2.51 bits per heavy atom. The minimum absolute atomic E-state index is 0.107. The van der Waals surface area contributed by atoms with Crippen LogP contribution in [0.4, 0.5) is 22.1 Å². The zero-order valence-electron chi connectivity index (χ0n) is 19.6. The minimum Gasteiger partial charge on any atom is -0.465 e. The lowest BCUT2D eigenvalue weighted by molar-refractivity contribution is 0.0966. The van der Waals surface area contributed by atoms with Crippen LogP contribution >= 0.6 is 0 Å². The molecule has 2 atom stereocenters. The van der Waals surface area contributed by atoms with Crippen LogP contribution in [0.2, 0.25) is 0 Å². The fourth-order valence-corrected chi connectivity index (χ4v) is 5.09. The lowest BCUT2D eigenvalue weighted by Gasteiger charge is -2.33. The predicted octanol–water partition coefficient (Wildman–Crippen LogP) is 5.03. The highest BCUT2D eigenvalue weighted by molar-refractivity contribution is 6.06. The summed E-state index contributed by atoms with van der Waals surface area (Å²) < 4.78 is 0. The Morgan fingerprint density at radius 1 is 1.00 bits per heavy atom. The zero-order chi connectivity index (χ0) is 24.4. The van der Waals surface area contributed by atoms with Crippen LogP contribution in [0.25, 0.3) is 11.1 Å². The molecule has 1 saturated carbocycles. The summed E-state index contributed by atoms with van der Waals surface area (Å²) in [7, 11) is 0. The number of aromatic nitrogens is 1. The largest absolute Gasteiger partial charge is 0.465 e. The number of pyridine rings is 1. The molecule has 1 aliphatic carbocycles. The molecule has 0 spiro atoms. The molecule has 2 aliphatic rings. The number of fused-ring (bicyclic) bond motifs is 1. The summed E-state index contributed by atoms with van der Waals surface area (Å²) in [5.41, 5.74) is 5.19. The first-order valence-corrected chi connectivity index (χ1v) is 12.0. The second-order valence-corrected chi connectivity index (χ2v) is 9.17. The van der Waals surface area contributed by atoms with Crippen molar-refractivity contribution in [3.63, 3.8) is 0 Å². The maximum absolute atomic E-state index is 12.9. The van der Waals surface area contributed by atoms with Gasteiger partial charge in [-0.3, -0.25) is 4.79 Å². The second kappa shape index (κ2) is 9.66. The highest BCUT2D eigenvalue weighted by Crippen LogP contribution is 2.39. The number of benzene rings is 2. The van der Waals surface area contributed by atoms with E-state index in [1.54, 1.807) is 0 Å². The number of carbonyl (C=O) groups is 2. The molecule has 2 aromatic carbocycles. The number of nitrogens with zero attached hydrogens (tertiary/aromatic N) is 1. The molecule has 1 fully saturated rings. The molecule has 3 aromatic rings. The van der Waals surface area contributed by atoms with Gasteiger partial charge in [-0.15, -0.1) is 0 Å². The van der Waals surface area contributed by atoms with Crippen molar-refractivity contribution in [3.8, 4) is 11.1 Å². The highest BCUT2D eigenvalue weighted by atomic mass is 16.4. The molecule has 5 rings (SSSR count). The van der Waals surface area contributed by atoms with E-state index in [2.05, 4.69) is 21.3 Å². The number of nitrogens with one attached hydrogen (secondary N) is 4. The monoisotopic (exact) mass is 471 g/mol. The van der Waals surface area contributed by atoms with E-state index in [0.717, 1.165) is 53.6 Å². The van der Waals surface area contributed by atoms with Gasteiger partial charge in [-0.1, -0.05) is 55.3 Å². The van der Waals surface area contributed by atoms with E-state index >= 15 is 0 Å². The third-order valence-corrected chi connectivity index (χ3v) is 6.69. The van der Waals surface area contributed by atoms with E-state index in [0.29, 0.717) is 23.7 Å². The van der Waals surface area contributed by atoms with Crippen molar-refractivity contribution < 1.29 is 14.7 Å². The topological polar surface area (TPSA) is 115 Å². The number of rotatable bonds is 6. The standard InChI is InChI=1S/C27H29N5O3/c1-16-8-7-11-18(14-16)29-25-23-19(15-28-26(23)33)22(17-9-3-2-4-10-17)24(32-25)30-20-12-5-6-13-21(20)31-27(34)35/h2-4,7-11,14,20-21,31H,5-6,12-13,15H2,1H3,(H,28,33)(H,34,35)(H2,29,30,32)/t20-,21+/m1/s1. The highest BCUT2D eigenvalue weighted by Gasteiger charge is 2.33. The molecule has 35 heavy (non-hydrogen) atoms. The molecule has 0 bridgehead atoms. The van der Waals surface area contributed by atoms with Gasteiger partial charge in [0.1, 0.15) is 11.6 Å². The Kier molecular flexibility index (Phi) is 6.27. The quantitative estimate of drug-likeness (QED) is 0.344. The number of anilines is 3. The second-order valence-electron chi connectivity index (χ2n) is 9.17. The maximum atomic E-state index is 12.9. The summed E-state index contributed by atoms with van der Waals surface area (Å²) in [6.07, 6.45) is 2.56. The van der Waals surface area contributed by atoms with E-state index in [4.69, 9.17) is 4.98 Å². The molecule has 5 N–H and O–H groups in total. The fraction of sp³-hybridized carbons (Fsp3) is 0.296. The minimum atomic E-state index is -1.02. The smallest absolute Gasteiger partial charge is 0.404 e. The van der Waals surface area contributed by atoms with Crippen LogP contribution in [0, 0.1) is 6.92 Å². The van der Waals surface area contributed by atoms with Gasteiger partial charge in [0.2, 0.25) is 0 Å². The van der Waals surface area contributed by atoms with Crippen LogP contribution in [0.15, 0.2) is 54.6 Å². The summed E-state index contributed by atoms with van der Waals surface area (Å²) in [6.45, 7) is 2.42. The third-order valence-electron chi connectivity index (χ3n) is 6.69. The number of hydrogen-bond acceptors (Lipinski definition) is 5. The molecular weight excluding hydrogens is 442 g/mol. The van der Waals surface area contributed by atoms with Gasteiger partial charge in [0, 0.05) is 23.8 Å². The average Bonchev–Trinajstić information content (AvgIpc) is 3.22. The lowest BCUT2D eigenvalue weighted by atomic mass is 9.89. The Hall–Kier alpha value is -4.07. The van der Waals surface area contributed by atoms with Gasteiger partial charge >= 0.3 is 6.09 Å². The van der Waals surface area contributed by atoms with Crippen molar-refractivity contribution in [1.82, 2.24) is 15.6 Å². The SMILES string of the molecule is Cc1cccc(Nc2nc(N[C@@H]3CCCC[C@@H]3NC(=O)O)c(-c3ccccc3)c3c2C(=O)NC3)c1. The van der Waals surface area contributed by atoms with Crippen molar-refractivity contribution in [1.29, 1.82) is 0 Å². The molecule has 0 radical (unpaired) electrons. The molecule has 0 saturated heterocycles. The molecule has 8 heteroatoms. The van der Waals surface area contributed by atoms with Gasteiger partial charge in [0.05, 0.1) is 11.6 Å². The Balaban J connectivity index is 1.62. The van der Waals surface area contributed by atoms with Gasteiger partial charge in [-0.25, -0.2) is 9.78 Å². The first-order valence-electron chi connectivity index (χ1n) is 12.0. The number of carboxylic acid groups (broad SMARTS) is 1. The van der Waals surface area contributed by atoms with Crippen LogP contribution in [-0.4, -0.2) is 34.2 Å². The molecule has 180 valence electrons. The van der Waals surface area contributed by atoms with Gasteiger partial charge < -0.3 is 26.4 Å². The molecule has 2 amide bonds. The molecular formula is C27H29N5O3. The Labute approximate surface area is 204 Å². The van der Waals surface area contributed by atoms with Crippen molar-refractivity contribution in [2.24, 2.45) is 0 Å². The number of aryl methyl sites for hydroxylation is 1. The van der Waals surface area contributed by atoms with Gasteiger partial charge in [-0.2, -0.15) is 0 Å². The summed E-state index contributed by atoms with van der Waals surface area (Å²) >= 11 is 0. The summed E-state index contributed by atoms with van der Waals surface area (Å²) in [5.74, 6) is 0.974. The van der Waals surface area contributed by atoms with Crippen LogP contribution in [-0.2, 0) is 6.54 Å². The van der Waals surface area contributed by atoms with E-state index in [-0.39, 0.29) is 18.0 Å². The summed E-state index contributed by atoms with van der Waals surface area (Å²) in [6, 6.07) is 17.5. The third kappa shape index (κ3) is 4.77. The molecule has 1 aromatic heterocycles. The van der Waals surface area contributed by atoms with Crippen LogP contribution in [0.5, 0.6) is 0 Å². The average molecular weight is 472 g/mol. The zero-order valence-corrected chi connectivity index (χ0v) is 19.6. The Morgan fingerprint density at radius 2 is 1.77 bits per heavy atom. The summed E-state index contributed by atoms with van der Waals surface area (Å²) in [4.78, 5) is 29.3. The van der Waals surface area contributed by atoms with Crippen LogP contribution in [0.1, 0.15) is 47.2 Å². The normalized spacial score (nSPS) is 18.9. The van der Waals surface area contributed by atoms with Crippen molar-refractivity contribution in [2.75, 3.05) is 10.6 Å². The van der Waals surface area contributed by atoms with Gasteiger partial charge in [-0.05, 0) is 48.6 Å². The van der Waals surface area contributed by atoms with E-state index < -0.39 is 6.09 Å². The van der Waals surface area contributed by atoms with Crippen LogP contribution < -0.4 is 21.3 Å². The maximum Gasteiger partial charge on any atom is 0.404 e. The number of hydrogen-bond donors (Lipinski definition) is 5. The predicted molar refractivity (Wildman–Crippen MR) is 136 cm³/mol. The first kappa shape index (κ1) is 22.7. The molecule has 8 nitrogen and oxygen atoms in total. The summed E-state index contributed by atoms with van der Waals surface area (Å²) in [5, 5.41) is 21.9. The molecule has 2 heterocycles. The van der Waals surface area contributed by atoms with Crippen molar-refractivity contribution >= 4 is 29.3 Å². The van der Waals surface area contributed by atoms with Gasteiger partial charge in [0.25, 0.3) is 5.91 Å². The van der Waals surface area contributed by atoms with Crippen molar-refractivity contribution in [2.45, 2.75) is 51.2 Å². The van der Waals surface area contributed by atoms with E-state index in [1.165, 1.54) is 0 Å². The lowest BCUT2D eigenvalue weighted by Crippen LogP contribution is -2.48. The van der Waals surface area contributed by atoms with E-state index in [1.807, 2.05) is 61.5 Å². The van der Waals surface area contributed by atoms with Crippen LogP contribution in [0.3, 0.4) is 0 Å². The molecule has 1 aliphatic heterocycles. The Bertz CT molecular complexity index is 1260. The fourth-order valence-electron chi connectivity index (χ4n) is 5.09. The van der Waals surface area contributed by atoms with Crippen molar-refractivity contribution in [3.05, 3.63) is 71.3 Å². The first-order chi connectivity index (χ1) is 17.0.